The first kappa shape index (κ1) is 10.5. The standard InChI is InChI=1S/C12H17N2/c1-5-11(13(3)6-2)12-9-7-8-10-14(12)4/h5-10H,2H2,1,3-4H3/q+1/b11-5-. The normalized spacial score (nSPS) is 11.2. The van der Waals surface area contributed by atoms with Gasteiger partial charge in [0.05, 0.1) is 0 Å². The van der Waals surface area contributed by atoms with Gasteiger partial charge in [-0.25, -0.2) is 0 Å². The van der Waals surface area contributed by atoms with Crippen LogP contribution in [0.4, 0.5) is 0 Å². The van der Waals surface area contributed by atoms with Crippen LogP contribution in [0.25, 0.3) is 5.70 Å². The smallest absolute Gasteiger partial charge is 0.228 e. The third-order valence-corrected chi connectivity index (χ3v) is 2.24. The first-order valence-corrected chi connectivity index (χ1v) is 4.67. The van der Waals surface area contributed by atoms with Crippen LogP contribution in [-0.2, 0) is 7.05 Å². The molecular weight excluding hydrogens is 172 g/mol. The number of pyridine rings is 1. The van der Waals surface area contributed by atoms with Crippen molar-refractivity contribution in [3.05, 3.63) is 48.9 Å². The Morgan fingerprint density at radius 2 is 2.21 bits per heavy atom. The average molecular weight is 189 g/mol. The molecule has 0 amide bonds. The van der Waals surface area contributed by atoms with E-state index < -0.39 is 0 Å². The molecule has 0 bridgehead atoms. The van der Waals surface area contributed by atoms with Crippen LogP contribution in [0.2, 0.25) is 0 Å². The highest BCUT2D eigenvalue weighted by Crippen LogP contribution is 2.13. The Bertz CT molecular complexity index is 353. The second-order valence-corrected chi connectivity index (χ2v) is 3.16. The van der Waals surface area contributed by atoms with Gasteiger partial charge in [-0.1, -0.05) is 12.7 Å². The van der Waals surface area contributed by atoms with Gasteiger partial charge in [0, 0.05) is 19.2 Å². The van der Waals surface area contributed by atoms with Crippen LogP contribution in [0, 0.1) is 0 Å². The summed E-state index contributed by atoms with van der Waals surface area (Å²) in [5, 5.41) is 0. The highest BCUT2D eigenvalue weighted by atomic mass is 15.1. The molecule has 0 atom stereocenters. The molecule has 0 aliphatic rings. The van der Waals surface area contributed by atoms with E-state index in [1.54, 1.807) is 0 Å². The molecule has 2 heteroatoms. The fourth-order valence-electron chi connectivity index (χ4n) is 1.42. The summed E-state index contributed by atoms with van der Waals surface area (Å²) in [5.74, 6) is 0. The van der Waals surface area contributed by atoms with E-state index in [0.29, 0.717) is 0 Å². The van der Waals surface area contributed by atoms with E-state index in [2.05, 4.69) is 23.3 Å². The lowest BCUT2D eigenvalue weighted by Crippen LogP contribution is -2.34. The molecule has 0 aromatic carbocycles. The van der Waals surface area contributed by atoms with Crippen molar-refractivity contribution in [3.63, 3.8) is 0 Å². The summed E-state index contributed by atoms with van der Waals surface area (Å²) >= 11 is 0. The van der Waals surface area contributed by atoms with Gasteiger partial charge in [0.15, 0.2) is 6.20 Å². The summed E-state index contributed by atoms with van der Waals surface area (Å²) in [5.41, 5.74) is 2.33. The topological polar surface area (TPSA) is 7.12 Å². The molecule has 14 heavy (non-hydrogen) atoms. The molecule has 2 nitrogen and oxygen atoms in total. The molecule has 0 aliphatic carbocycles. The van der Waals surface area contributed by atoms with E-state index in [4.69, 9.17) is 0 Å². The molecule has 0 spiro atoms. The van der Waals surface area contributed by atoms with Crippen LogP contribution in [0.1, 0.15) is 12.6 Å². The van der Waals surface area contributed by atoms with Gasteiger partial charge in [-0.05, 0) is 19.2 Å². The van der Waals surface area contributed by atoms with Crippen LogP contribution < -0.4 is 4.57 Å². The summed E-state index contributed by atoms with van der Waals surface area (Å²) in [6.45, 7) is 5.79. The molecule has 1 aromatic rings. The SMILES string of the molecule is C=CN(C)/C(=C\C)c1cccc[n+]1C. The van der Waals surface area contributed by atoms with Crippen molar-refractivity contribution < 1.29 is 4.57 Å². The number of aromatic nitrogens is 1. The van der Waals surface area contributed by atoms with Crippen molar-refractivity contribution in [1.82, 2.24) is 4.90 Å². The van der Waals surface area contributed by atoms with Crippen LogP contribution >= 0.6 is 0 Å². The maximum atomic E-state index is 3.76. The predicted octanol–water partition coefficient (Wildman–Crippen LogP) is 1.95. The van der Waals surface area contributed by atoms with Crippen LogP contribution in [-0.4, -0.2) is 11.9 Å². The lowest BCUT2D eigenvalue weighted by Gasteiger charge is -2.15. The zero-order valence-electron chi connectivity index (χ0n) is 9.07. The Balaban J connectivity index is 3.14. The molecular formula is C12H17N2+. The van der Waals surface area contributed by atoms with E-state index in [1.807, 2.05) is 50.4 Å². The second-order valence-electron chi connectivity index (χ2n) is 3.16. The molecule has 1 heterocycles. The number of rotatable bonds is 3. The van der Waals surface area contributed by atoms with Crippen molar-refractivity contribution in [1.29, 1.82) is 0 Å². The van der Waals surface area contributed by atoms with Gasteiger partial charge in [0.2, 0.25) is 5.69 Å². The summed E-state index contributed by atoms with van der Waals surface area (Å²) in [7, 11) is 4.03. The van der Waals surface area contributed by atoms with Gasteiger partial charge >= 0.3 is 0 Å². The van der Waals surface area contributed by atoms with Crippen molar-refractivity contribution in [3.8, 4) is 0 Å². The van der Waals surface area contributed by atoms with E-state index in [-0.39, 0.29) is 0 Å². The molecule has 1 aromatic heterocycles. The number of nitrogens with zero attached hydrogens (tertiary/aromatic N) is 2. The summed E-state index contributed by atoms with van der Waals surface area (Å²) < 4.78 is 2.09. The van der Waals surface area contributed by atoms with Gasteiger partial charge in [-0.2, -0.15) is 4.57 Å². The van der Waals surface area contributed by atoms with Gasteiger partial charge in [-0.15, -0.1) is 0 Å². The number of allylic oxidation sites excluding steroid dienone is 1. The number of hydrogen-bond acceptors (Lipinski definition) is 1. The van der Waals surface area contributed by atoms with Crippen molar-refractivity contribution in [2.75, 3.05) is 7.05 Å². The zero-order chi connectivity index (χ0) is 10.6. The molecule has 0 saturated heterocycles. The highest BCUT2D eigenvalue weighted by Gasteiger charge is 2.12. The first-order chi connectivity index (χ1) is 6.70. The first-order valence-electron chi connectivity index (χ1n) is 4.67. The second kappa shape index (κ2) is 4.61. The fourth-order valence-corrected chi connectivity index (χ4v) is 1.42. The largest absolute Gasteiger partial charge is 0.347 e. The monoisotopic (exact) mass is 189 g/mol. The molecule has 0 N–H and O–H groups in total. The zero-order valence-corrected chi connectivity index (χ0v) is 9.07. The van der Waals surface area contributed by atoms with Crippen molar-refractivity contribution in [2.45, 2.75) is 6.92 Å². The van der Waals surface area contributed by atoms with Crippen LogP contribution in [0.5, 0.6) is 0 Å². The maximum absolute atomic E-state index is 3.76. The quantitative estimate of drug-likeness (QED) is 0.659. The van der Waals surface area contributed by atoms with Crippen LogP contribution in [0.15, 0.2) is 43.3 Å². The lowest BCUT2D eigenvalue weighted by molar-refractivity contribution is -0.674. The van der Waals surface area contributed by atoms with E-state index in [9.17, 15) is 0 Å². The Morgan fingerprint density at radius 1 is 1.50 bits per heavy atom. The van der Waals surface area contributed by atoms with Crippen molar-refractivity contribution in [2.24, 2.45) is 7.05 Å². The summed E-state index contributed by atoms with van der Waals surface area (Å²) in [6, 6.07) is 6.15. The summed E-state index contributed by atoms with van der Waals surface area (Å²) in [4.78, 5) is 2.01. The fraction of sp³-hybridized carbons (Fsp3) is 0.250. The molecule has 74 valence electrons. The minimum atomic E-state index is 1.16. The Labute approximate surface area is 85.8 Å². The highest BCUT2D eigenvalue weighted by molar-refractivity contribution is 5.58. The van der Waals surface area contributed by atoms with Gasteiger partial charge in [-0.3, -0.25) is 0 Å². The summed E-state index contributed by atoms with van der Waals surface area (Å²) in [6.07, 6.45) is 5.93. The molecule has 0 radical (unpaired) electrons. The molecule has 0 saturated carbocycles. The minimum Gasteiger partial charge on any atom is -0.347 e. The third-order valence-electron chi connectivity index (χ3n) is 2.24. The molecule has 1 rings (SSSR count). The Morgan fingerprint density at radius 3 is 2.71 bits per heavy atom. The van der Waals surface area contributed by atoms with E-state index in [1.165, 1.54) is 5.69 Å². The lowest BCUT2D eigenvalue weighted by atomic mass is 10.2. The average Bonchev–Trinajstić information content (AvgIpc) is 2.21. The van der Waals surface area contributed by atoms with Crippen LogP contribution in [0.3, 0.4) is 0 Å². The number of aryl methyl sites for hydroxylation is 1. The van der Waals surface area contributed by atoms with Gasteiger partial charge in [0.1, 0.15) is 12.7 Å². The third kappa shape index (κ3) is 2.02. The van der Waals surface area contributed by atoms with Crippen molar-refractivity contribution >= 4 is 5.70 Å². The maximum Gasteiger partial charge on any atom is 0.228 e. The minimum absolute atomic E-state index is 1.16. The predicted molar refractivity (Wildman–Crippen MR) is 59.2 cm³/mol. The number of hydrogen-bond donors (Lipinski definition) is 0. The van der Waals surface area contributed by atoms with E-state index in [0.717, 1.165) is 5.70 Å². The Kier molecular flexibility index (Phi) is 3.46. The Hall–Kier alpha value is -1.57. The molecule has 0 fully saturated rings. The van der Waals surface area contributed by atoms with Gasteiger partial charge in [0.25, 0.3) is 0 Å². The molecule has 0 unspecified atom stereocenters. The van der Waals surface area contributed by atoms with Gasteiger partial charge < -0.3 is 4.90 Å². The molecule has 0 aliphatic heterocycles. The van der Waals surface area contributed by atoms with E-state index >= 15 is 0 Å².